The SMILES string of the molecule is CC(C)(C)c1cc(C(C)(C)C)c2oc(-c3cccs3)nc2c1. The Morgan fingerprint density at radius 2 is 1.73 bits per heavy atom. The Morgan fingerprint density at radius 3 is 2.27 bits per heavy atom. The van der Waals surface area contributed by atoms with Crippen LogP contribution in [0.3, 0.4) is 0 Å². The fourth-order valence-electron chi connectivity index (χ4n) is 2.53. The summed E-state index contributed by atoms with van der Waals surface area (Å²) in [6, 6.07) is 8.54. The monoisotopic (exact) mass is 313 g/mol. The van der Waals surface area contributed by atoms with Crippen molar-refractivity contribution in [2.45, 2.75) is 52.4 Å². The molecule has 0 amide bonds. The van der Waals surface area contributed by atoms with Crippen LogP contribution >= 0.6 is 11.3 Å². The summed E-state index contributed by atoms with van der Waals surface area (Å²) in [7, 11) is 0. The summed E-state index contributed by atoms with van der Waals surface area (Å²) in [4.78, 5) is 5.82. The van der Waals surface area contributed by atoms with Gasteiger partial charge in [-0.25, -0.2) is 4.98 Å². The molecule has 0 saturated heterocycles. The summed E-state index contributed by atoms with van der Waals surface area (Å²) in [5, 5.41) is 2.05. The van der Waals surface area contributed by atoms with Gasteiger partial charge in [-0.15, -0.1) is 11.3 Å². The number of hydrogen-bond acceptors (Lipinski definition) is 3. The van der Waals surface area contributed by atoms with Crippen molar-refractivity contribution < 1.29 is 4.42 Å². The molecule has 116 valence electrons. The minimum absolute atomic E-state index is 0.0196. The van der Waals surface area contributed by atoms with Gasteiger partial charge < -0.3 is 4.42 Å². The van der Waals surface area contributed by atoms with Gasteiger partial charge in [0.05, 0.1) is 4.88 Å². The molecule has 1 aromatic carbocycles. The fraction of sp³-hybridized carbons (Fsp3) is 0.421. The minimum atomic E-state index is 0.0196. The predicted molar refractivity (Wildman–Crippen MR) is 94.7 cm³/mol. The third-order valence-electron chi connectivity index (χ3n) is 3.90. The van der Waals surface area contributed by atoms with Crippen LogP contribution in [0, 0.1) is 0 Å². The van der Waals surface area contributed by atoms with E-state index in [4.69, 9.17) is 9.40 Å². The molecule has 0 bridgehead atoms. The first kappa shape index (κ1) is 15.3. The van der Waals surface area contributed by atoms with E-state index in [0.717, 1.165) is 21.9 Å². The molecule has 0 saturated carbocycles. The largest absolute Gasteiger partial charge is 0.435 e. The van der Waals surface area contributed by atoms with Gasteiger partial charge in [0.1, 0.15) is 5.52 Å². The average molecular weight is 313 g/mol. The van der Waals surface area contributed by atoms with Gasteiger partial charge in [-0.2, -0.15) is 0 Å². The molecule has 0 fully saturated rings. The molecule has 0 atom stereocenters. The summed E-state index contributed by atoms with van der Waals surface area (Å²) < 4.78 is 6.14. The van der Waals surface area contributed by atoms with Gasteiger partial charge in [0, 0.05) is 5.56 Å². The lowest BCUT2D eigenvalue weighted by Gasteiger charge is -2.24. The van der Waals surface area contributed by atoms with Gasteiger partial charge in [0.2, 0.25) is 5.89 Å². The number of aromatic nitrogens is 1. The smallest absolute Gasteiger partial charge is 0.237 e. The van der Waals surface area contributed by atoms with E-state index in [1.54, 1.807) is 11.3 Å². The van der Waals surface area contributed by atoms with Gasteiger partial charge in [-0.3, -0.25) is 0 Å². The Balaban J connectivity index is 2.29. The normalized spacial score (nSPS) is 13.0. The van der Waals surface area contributed by atoms with Crippen molar-refractivity contribution in [2.75, 3.05) is 0 Å². The molecule has 22 heavy (non-hydrogen) atoms. The Labute approximate surface area is 136 Å². The summed E-state index contributed by atoms with van der Waals surface area (Å²) in [5.74, 6) is 0.724. The first-order chi connectivity index (χ1) is 10.2. The highest BCUT2D eigenvalue weighted by Gasteiger charge is 2.25. The summed E-state index contributed by atoms with van der Waals surface area (Å²) in [5.41, 5.74) is 4.52. The molecule has 3 aromatic rings. The van der Waals surface area contributed by atoms with Crippen molar-refractivity contribution in [3.8, 4) is 10.8 Å². The number of rotatable bonds is 1. The topological polar surface area (TPSA) is 26.0 Å². The van der Waals surface area contributed by atoms with Crippen molar-refractivity contribution in [2.24, 2.45) is 0 Å². The molecule has 0 unspecified atom stereocenters. The molecular formula is C19H23NOS. The molecule has 0 N–H and O–H groups in total. The number of oxazole rings is 1. The van der Waals surface area contributed by atoms with Crippen LogP contribution in [0.25, 0.3) is 21.9 Å². The molecule has 3 rings (SSSR count). The van der Waals surface area contributed by atoms with E-state index in [9.17, 15) is 0 Å². The summed E-state index contributed by atoms with van der Waals surface area (Å²) >= 11 is 1.66. The zero-order valence-corrected chi connectivity index (χ0v) is 15.0. The van der Waals surface area contributed by atoms with Crippen LogP contribution in [0.4, 0.5) is 0 Å². The van der Waals surface area contributed by atoms with Crippen LogP contribution in [0.1, 0.15) is 52.7 Å². The maximum absolute atomic E-state index is 6.14. The minimum Gasteiger partial charge on any atom is -0.435 e. The van der Waals surface area contributed by atoms with Crippen LogP contribution in [0.2, 0.25) is 0 Å². The van der Waals surface area contributed by atoms with Crippen LogP contribution in [-0.2, 0) is 10.8 Å². The predicted octanol–water partition coefficient (Wildman–Crippen LogP) is 6.15. The lowest BCUT2D eigenvalue weighted by molar-refractivity contribution is 0.552. The molecular weight excluding hydrogens is 290 g/mol. The van der Waals surface area contributed by atoms with E-state index in [-0.39, 0.29) is 10.8 Å². The second-order valence-electron chi connectivity index (χ2n) is 7.87. The summed E-state index contributed by atoms with van der Waals surface area (Å²) in [6.45, 7) is 13.4. The molecule has 2 nitrogen and oxygen atoms in total. The Bertz CT molecular complexity index is 798. The maximum Gasteiger partial charge on any atom is 0.237 e. The molecule has 2 aromatic heterocycles. The van der Waals surface area contributed by atoms with Gasteiger partial charge in [-0.05, 0) is 33.9 Å². The Morgan fingerprint density at radius 1 is 1.00 bits per heavy atom. The molecule has 0 aliphatic rings. The second kappa shape index (κ2) is 4.95. The van der Waals surface area contributed by atoms with Gasteiger partial charge in [0.15, 0.2) is 5.58 Å². The van der Waals surface area contributed by atoms with Gasteiger partial charge >= 0.3 is 0 Å². The third kappa shape index (κ3) is 2.70. The molecule has 0 spiro atoms. The molecule has 3 heteroatoms. The van der Waals surface area contributed by atoms with Crippen molar-refractivity contribution in [3.63, 3.8) is 0 Å². The first-order valence-electron chi connectivity index (χ1n) is 7.66. The highest BCUT2D eigenvalue weighted by atomic mass is 32.1. The quantitative estimate of drug-likeness (QED) is 0.538. The van der Waals surface area contributed by atoms with Crippen molar-refractivity contribution >= 4 is 22.4 Å². The van der Waals surface area contributed by atoms with E-state index in [2.05, 4.69) is 65.1 Å². The van der Waals surface area contributed by atoms with E-state index >= 15 is 0 Å². The zero-order valence-electron chi connectivity index (χ0n) is 14.2. The average Bonchev–Trinajstić information content (AvgIpc) is 3.03. The highest BCUT2D eigenvalue weighted by Crippen LogP contribution is 2.37. The fourth-order valence-corrected chi connectivity index (χ4v) is 3.18. The number of hydrogen-bond donors (Lipinski definition) is 0. The third-order valence-corrected chi connectivity index (χ3v) is 4.75. The first-order valence-corrected chi connectivity index (χ1v) is 8.53. The Hall–Kier alpha value is -1.61. The van der Waals surface area contributed by atoms with Gasteiger partial charge in [0.25, 0.3) is 0 Å². The highest BCUT2D eigenvalue weighted by molar-refractivity contribution is 7.13. The van der Waals surface area contributed by atoms with Crippen LogP contribution in [-0.4, -0.2) is 4.98 Å². The van der Waals surface area contributed by atoms with E-state index in [1.807, 2.05) is 6.07 Å². The molecule has 0 radical (unpaired) electrons. The molecule has 0 aliphatic carbocycles. The number of thiophene rings is 1. The second-order valence-corrected chi connectivity index (χ2v) is 8.82. The number of benzene rings is 1. The lowest BCUT2D eigenvalue weighted by Crippen LogP contribution is -2.16. The van der Waals surface area contributed by atoms with E-state index in [0.29, 0.717) is 0 Å². The van der Waals surface area contributed by atoms with Crippen LogP contribution in [0.5, 0.6) is 0 Å². The van der Waals surface area contributed by atoms with E-state index in [1.165, 1.54) is 11.1 Å². The van der Waals surface area contributed by atoms with Crippen molar-refractivity contribution in [1.82, 2.24) is 4.98 Å². The zero-order chi connectivity index (χ0) is 16.1. The number of fused-ring (bicyclic) bond motifs is 1. The van der Waals surface area contributed by atoms with Crippen molar-refractivity contribution in [1.29, 1.82) is 0 Å². The van der Waals surface area contributed by atoms with Crippen LogP contribution < -0.4 is 0 Å². The van der Waals surface area contributed by atoms with Crippen LogP contribution in [0.15, 0.2) is 34.1 Å². The molecule has 2 heterocycles. The van der Waals surface area contributed by atoms with Gasteiger partial charge in [-0.1, -0.05) is 53.7 Å². The van der Waals surface area contributed by atoms with Crippen molar-refractivity contribution in [3.05, 3.63) is 40.8 Å². The van der Waals surface area contributed by atoms with E-state index < -0.39 is 0 Å². The maximum atomic E-state index is 6.14. The lowest BCUT2D eigenvalue weighted by atomic mass is 9.80. The standard InChI is InChI=1S/C19H23NOS/c1-18(2,3)12-10-13(19(4,5)6)16-14(11-12)20-17(21-16)15-8-7-9-22-15/h7-11H,1-6H3. The molecule has 0 aliphatic heterocycles. The summed E-state index contributed by atoms with van der Waals surface area (Å²) in [6.07, 6.45) is 0. The Kier molecular flexibility index (Phi) is 3.44. The number of nitrogens with zero attached hydrogens (tertiary/aromatic N) is 1.